The molecule has 4 heteroatoms. The second kappa shape index (κ2) is 4.20. The van der Waals surface area contributed by atoms with E-state index in [0.717, 1.165) is 16.8 Å². The number of carbonyl (C=O) groups is 1. The van der Waals surface area contributed by atoms with Gasteiger partial charge in [0, 0.05) is 18.8 Å². The first kappa shape index (κ1) is 12.9. The summed E-state index contributed by atoms with van der Waals surface area (Å²) in [5, 5.41) is 4.15. The summed E-state index contributed by atoms with van der Waals surface area (Å²) in [6.45, 7) is 7.17. The molecule has 0 atom stereocenters. The summed E-state index contributed by atoms with van der Waals surface area (Å²) in [4.78, 5) is 14.4. The Labute approximate surface area is 119 Å². The summed E-state index contributed by atoms with van der Waals surface area (Å²) in [6.07, 6.45) is 3.61. The van der Waals surface area contributed by atoms with Crippen molar-refractivity contribution in [2.45, 2.75) is 32.7 Å². The molecule has 1 amide bonds. The van der Waals surface area contributed by atoms with Crippen LogP contribution in [0.15, 0.2) is 30.6 Å². The highest BCUT2D eigenvalue weighted by atomic mass is 16.2. The van der Waals surface area contributed by atoms with Crippen LogP contribution in [0.4, 0.5) is 5.69 Å². The highest BCUT2D eigenvalue weighted by molar-refractivity contribution is 6.10. The van der Waals surface area contributed by atoms with Crippen LogP contribution < -0.4 is 4.90 Å². The first-order chi connectivity index (χ1) is 9.38. The highest BCUT2D eigenvalue weighted by Crippen LogP contribution is 2.35. The zero-order valence-electron chi connectivity index (χ0n) is 12.3. The molecule has 1 aromatic carbocycles. The van der Waals surface area contributed by atoms with Crippen LogP contribution in [0.1, 0.15) is 42.3 Å². The predicted molar refractivity (Wildman–Crippen MR) is 78.9 cm³/mol. The zero-order chi connectivity index (χ0) is 14.5. The molecule has 0 radical (unpaired) electrons. The molecule has 0 spiro atoms. The van der Waals surface area contributed by atoms with Crippen molar-refractivity contribution >= 4 is 11.6 Å². The summed E-state index contributed by atoms with van der Waals surface area (Å²) in [5.74, 6) is 0.0686. The zero-order valence-corrected chi connectivity index (χ0v) is 12.3. The third-order valence-electron chi connectivity index (χ3n) is 3.78. The topological polar surface area (TPSA) is 38.1 Å². The summed E-state index contributed by atoms with van der Waals surface area (Å²) >= 11 is 0. The van der Waals surface area contributed by atoms with Crippen molar-refractivity contribution in [3.05, 3.63) is 47.3 Å². The lowest BCUT2D eigenvalue weighted by Crippen LogP contribution is -2.22. The van der Waals surface area contributed by atoms with Crippen LogP contribution in [-0.2, 0) is 19.0 Å². The molecule has 1 aliphatic heterocycles. The summed E-state index contributed by atoms with van der Waals surface area (Å²) in [7, 11) is 1.86. The van der Waals surface area contributed by atoms with Crippen LogP contribution in [0.3, 0.4) is 0 Å². The Morgan fingerprint density at radius 3 is 2.60 bits per heavy atom. The van der Waals surface area contributed by atoms with Crippen LogP contribution in [0.5, 0.6) is 0 Å². The number of carbonyl (C=O) groups excluding carboxylic acids is 1. The second-order valence-electron chi connectivity index (χ2n) is 6.35. The maximum Gasteiger partial charge on any atom is 0.259 e. The number of hydrogen-bond donors (Lipinski definition) is 0. The quantitative estimate of drug-likeness (QED) is 0.798. The van der Waals surface area contributed by atoms with Crippen molar-refractivity contribution in [3.8, 4) is 0 Å². The first-order valence-electron chi connectivity index (χ1n) is 6.81. The van der Waals surface area contributed by atoms with Gasteiger partial charge >= 0.3 is 0 Å². The smallest absolute Gasteiger partial charge is 0.259 e. The molecule has 0 N–H and O–H groups in total. The Balaban J connectivity index is 2.06. The van der Waals surface area contributed by atoms with Crippen LogP contribution in [0.2, 0.25) is 0 Å². The second-order valence-corrected chi connectivity index (χ2v) is 6.35. The fourth-order valence-electron chi connectivity index (χ4n) is 2.79. The van der Waals surface area contributed by atoms with E-state index in [0.29, 0.717) is 6.54 Å². The Kier molecular flexibility index (Phi) is 2.71. The predicted octanol–water partition coefficient (Wildman–Crippen LogP) is 2.88. The number of aromatic nitrogens is 2. The lowest BCUT2D eigenvalue weighted by Gasteiger charge is -2.22. The van der Waals surface area contributed by atoms with Gasteiger partial charge in [0.1, 0.15) is 0 Å². The number of nitrogens with zero attached hydrogens (tertiary/aromatic N) is 3. The minimum atomic E-state index is 0.0383. The number of aryl methyl sites for hydroxylation is 1. The van der Waals surface area contributed by atoms with E-state index in [9.17, 15) is 4.79 Å². The monoisotopic (exact) mass is 269 g/mol. The standard InChI is InChI=1S/C16H19N3O/c1-16(2,3)14-7-5-6-12-13(14)10-19(15(12)20)11-8-17-18(4)9-11/h5-9H,10H2,1-4H3. The lowest BCUT2D eigenvalue weighted by atomic mass is 9.83. The molecule has 0 aliphatic carbocycles. The minimum Gasteiger partial charge on any atom is -0.301 e. The van der Waals surface area contributed by atoms with E-state index in [1.165, 1.54) is 5.56 Å². The number of amides is 1. The number of hydrogen-bond acceptors (Lipinski definition) is 2. The van der Waals surface area contributed by atoms with Gasteiger partial charge in [0.25, 0.3) is 5.91 Å². The van der Waals surface area contributed by atoms with Gasteiger partial charge in [-0.05, 0) is 22.6 Å². The van der Waals surface area contributed by atoms with Crippen molar-refractivity contribution < 1.29 is 4.79 Å². The molecule has 2 heterocycles. The van der Waals surface area contributed by atoms with Crippen LogP contribution in [0, 0.1) is 0 Å². The van der Waals surface area contributed by atoms with Gasteiger partial charge in [0.05, 0.1) is 18.4 Å². The van der Waals surface area contributed by atoms with Crippen LogP contribution in [0.25, 0.3) is 0 Å². The molecule has 0 bridgehead atoms. The molecular formula is C16H19N3O. The van der Waals surface area contributed by atoms with E-state index in [2.05, 4.69) is 31.9 Å². The first-order valence-corrected chi connectivity index (χ1v) is 6.81. The number of fused-ring (bicyclic) bond motifs is 1. The average molecular weight is 269 g/mol. The summed E-state index contributed by atoms with van der Waals surface area (Å²) in [5.41, 5.74) is 4.11. The third-order valence-corrected chi connectivity index (χ3v) is 3.78. The van der Waals surface area contributed by atoms with E-state index in [1.807, 2.05) is 25.4 Å². The molecule has 104 valence electrons. The fraction of sp³-hybridized carbons (Fsp3) is 0.375. The van der Waals surface area contributed by atoms with Gasteiger partial charge in [0.2, 0.25) is 0 Å². The van der Waals surface area contributed by atoms with Gasteiger partial charge in [-0.2, -0.15) is 5.10 Å². The van der Waals surface area contributed by atoms with Gasteiger partial charge < -0.3 is 4.90 Å². The van der Waals surface area contributed by atoms with Gasteiger partial charge in [-0.15, -0.1) is 0 Å². The molecule has 0 fully saturated rings. The number of anilines is 1. The van der Waals surface area contributed by atoms with Crippen molar-refractivity contribution in [2.75, 3.05) is 4.90 Å². The molecule has 4 nitrogen and oxygen atoms in total. The largest absolute Gasteiger partial charge is 0.301 e. The normalized spacial score (nSPS) is 14.8. The Morgan fingerprint density at radius 1 is 1.25 bits per heavy atom. The molecule has 20 heavy (non-hydrogen) atoms. The van der Waals surface area contributed by atoms with E-state index >= 15 is 0 Å². The van der Waals surface area contributed by atoms with E-state index in [4.69, 9.17) is 0 Å². The number of benzene rings is 1. The maximum absolute atomic E-state index is 12.6. The average Bonchev–Trinajstić information content (AvgIpc) is 2.92. The van der Waals surface area contributed by atoms with Crippen molar-refractivity contribution in [2.24, 2.45) is 7.05 Å². The van der Waals surface area contributed by atoms with E-state index < -0.39 is 0 Å². The third kappa shape index (κ3) is 1.92. The Morgan fingerprint density at radius 2 is 2.00 bits per heavy atom. The van der Waals surface area contributed by atoms with Gasteiger partial charge in [-0.3, -0.25) is 9.48 Å². The molecule has 2 aromatic rings. The van der Waals surface area contributed by atoms with Crippen molar-refractivity contribution in [3.63, 3.8) is 0 Å². The van der Waals surface area contributed by atoms with Crippen LogP contribution in [-0.4, -0.2) is 15.7 Å². The highest BCUT2D eigenvalue weighted by Gasteiger charge is 2.33. The van der Waals surface area contributed by atoms with Gasteiger partial charge in [-0.25, -0.2) is 0 Å². The summed E-state index contributed by atoms with van der Waals surface area (Å²) in [6, 6.07) is 6.02. The lowest BCUT2D eigenvalue weighted by molar-refractivity contribution is 0.0996. The minimum absolute atomic E-state index is 0.0383. The molecular weight excluding hydrogens is 250 g/mol. The molecule has 0 saturated carbocycles. The van der Waals surface area contributed by atoms with Crippen molar-refractivity contribution in [1.29, 1.82) is 0 Å². The van der Waals surface area contributed by atoms with Crippen LogP contribution >= 0.6 is 0 Å². The maximum atomic E-state index is 12.6. The Hall–Kier alpha value is -2.10. The fourth-order valence-corrected chi connectivity index (χ4v) is 2.79. The molecule has 3 rings (SSSR count). The molecule has 1 aromatic heterocycles. The molecule has 0 saturated heterocycles. The molecule has 0 unspecified atom stereocenters. The van der Waals surface area contributed by atoms with Gasteiger partial charge in [-0.1, -0.05) is 32.9 Å². The summed E-state index contributed by atoms with van der Waals surface area (Å²) < 4.78 is 1.72. The van der Waals surface area contributed by atoms with E-state index in [1.54, 1.807) is 15.8 Å². The number of rotatable bonds is 1. The Bertz CT molecular complexity index is 679. The van der Waals surface area contributed by atoms with E-state index in [-0.39, 0.29) is 11.3 Å². The SMILES string of the molecule is Cn1cc(N2Cc3c(cccc3C(C)(C)C)C2=O)cn1. The van der Waals surface area contributed by atoms with Gasteiger partial charge in [0.15, 0.2) is 0 Å². The molecule has 1 aliphatic rings. The van der Waals surface area contributed by atoms with Crippen molar-refractivity contribution in [1.82, 2.24) is 9.78 Å².